The molecule has 0 aromatic carbocycles. The lowest BCUT2D eigenvalue weighted by Crippen LogP contribution is -2.27. The van der Waals surface area contributed by atoms with E-state index in [0.29, 0.717) is 23.6 Å². The molecule has 96 valence electrons. The summed E-state index contributed by atoms with van der Waals surface area (Å²) in [6.45, 7) is 2.52. The maximum atomic E-state index is 11.6. The number of nitrogens with two attached hydrogens (primary N) is 1. The van der Waals surface area contributed by atoms with Crippen LogP contribution in [0.15, 0.2) is 12.1 Å². The van der Waals surface area contributed by atoms with Crippen LogP contribution in [0.1, 0.15) is 6.92 Å². The van der Waals surface area contributed by atoms with Gasteiger partial charge in [-0.15, -0.1) is 0 Å². The second-order valence-corrected chi connectivity index (χ2v) is 3.71. The van der Waals surface area contributed by atoms with E-state index in [1.807, 2.05) is 6.92 Å². The number of methoxy groups -OCH3 is 1. The fourth-order valence-corrected chi connectivity index (χ4v) is 1.67. The van der Waals surface area contributed by atoms with Crippen molar-refractivity contribution in [2.75, 3.05) is 19.4 Å². The molecule has 18 heavy (non-hydrogen) atoms. The van der Waals surface area contributed by atoms with Gasteiger partial charge in [0.1, 0.15) is 12.1 Å². The standard InChI is InChI=1S/C11H15N5O2/c1-3-13-8(17)6-16-10-7(14-11(16)12)4-5-9(15-10)18-2/h4-5H,3,6H2,1-2H3,(H2,12,14)(H,13,17). The number of nitrogens with zero attached hydrogens (tertiary/aromatic N) is 3. The molecule has 1 amide bonds. The molecule has 0 aliphatic rings. The average Bonchev–Trinajstić information content (AvgIpc) is 2.65. The van der Waals surface area contributed by atoms with Crippen LogP contribution in [0.4, 0.5) is 5.95 Å². The number of nitrogens with one attached hydrogen (secondary N) is 1. The molecule has 0 saturated carbocycles. The molecule has 0 atom stereocenters. The number of amides is 1. The van der Waals surface area contributed by atoms with Crippen LogP contribution in [-0.2, 0) is 11.3 Å². The molecule has 0 bridgehead atoms. The van der Waals surface area contributed by atoms with Gasteiger partial charge < -0.3 is 15.8 Å². The van der Waals surface area contributed by atoms with Crippen LogP contribution in [0.2, 0.25) is 0 Å². The number of fused-ring (bicyclic) bond motifs is 1. The highest BCUT2D eigenvalue weighted by molar-refractivity contribution is 5.80. The molecule has 2 aromatic heterocycles. The number of rotatable bonds is 4. The normalized spacial score (nSPS) is 10.6. The molecule has 7 heteroatoms. The topological polar surface area (TPSA) is 95.1 Å². The first kappa shape index (κ1) is 12.2. The lowest BCUT2D eigenvalue weighted by atomic mass is 10.4. The van der Waals surface area contributed by atoms with Crippen molar-refractivity contribution in [2.45, 2.75) is 13.5 Å². The third kappa shape index (κ3) is 2.20. The van der Waals surface area contributed by atoms with Crippen LogP contribution in [0, 0.1) is 0 Å². The molecule has 0 aliphatic heterocycles. The minimum atomic E-state index is -0.131. The zero-order chi connectivity index (χ0) is 13.1. The summed E-state index contributed by atoms with van der Waals surface area (Å²) in [6.07, 6.45) is 0. The highest BCUT2D eigenvalue weighted by Crippen LogP contribution is 2.18. The summed E-state index contributed by atoms with van der Waals surface area (Å²) in [6, 6.07) is 3.46. The largest absolute Gasteiger partial charge is 0.481 e. The van der Waals surface area contributed by atoms with Gasteiger partial charge in [-0.05, 0) is 13.0 Å². The van der Waals surface area contributed by atoms with Gasteiger partial charge in [-0.2, -0.15) is 4.98 Å². The number of hydrogen-bond donors (Lipinski definition) is 2. The molecule has 0 radical (unpaired) electrons. The summed E-state index contributed by atoms with van der Waals surface area (Å²) in [5.41, 5.74) is 6.96. The van der Waals surface area contributed by atoms with E-state index < -0.39 is 0 Å². The van der Waals surface area contributed by atoms with Gasteiger partial charge in [0.2, 0.25) is 17.7 Å². The Kier molecular flexibility index (Phi) is 3.31. The lowest BCUT2D eigenvalue weighted by molar-refractivity contribution is -0.121. The Labute approximate surface area is 104 Å². The minimum Gasteiger partial charge on any atom is -0.481 e. The van der Waals surface area contributed by atoms with Gasteiger partial charge in [0.05, 0.1) is 7.11 Å². The summed E-state index contributed by atoms with van der Waals surface area (Å²) in [4.78, 5) is 20.0. The van der Waals surface area contributed by atoms with Gasteiger partial charge >= 0.3 is 0 Å². The quantitative estimate of drug-likeness (QED) is 0.804. The number of aromatic nitrogens is 3. The van der Waals surface area contributed by atoms with E-state index in [1.165, 1.54) is 7.11 Å². The predicted octanol–water partition coefficient (Wildman–Crippen LogP) is 0.158. The number of hydrogen-bond acceptors (Lipinski definition) is 5. The summed E-state index contributed by atoms with van der Waals surface area (Å²) in [5, 5.41) is 2.70. The number of anilines is 1. The molecular formula is C11H15N5O2. The smallest absolute Gasteiger partial charge is 0.240 e. The highest BCUT2D eigenvalue weighted by atomic mass is 16.5. The zero-order valence-electron chi connectivity index (χ0n) is 10.3. The Balaban J connectivity index is 2.41. The third-order valence-electron chi connectivity index (χ3n) is 2.48. The van der Waals surface area contributed by atoms with Gasteiger partial charge in [0, 0.05) is 12.6 Å². The first-order valence-corrected chi connectivity index (χ1v) is 5.59. The Bertz CT molecular complexity index is 578. The molecule has 0 unspecified atom stereocenters. The average molecular weight is 249 g/mol. The van der Waals surface area contributed by atoms with Gasteiger partial charge in [-0.1, -0.05) is 0 Å². The monoisotopic (exact) mass is 249 g/mol. The number of pyridine rings is 1. The van der Waals surface area contributed by atoms with Crippen LogP contribution >= 0.6 is 0 Å². The van der Waals surface area contributed by atoms with E-state index in [9.17, 15) is 4.79 Å². The Hall–Kier alpha value is -2.31. The molecule has 0 fully saturated rings. The van der Waals surface area contributed by atoms with Crippen molar-refractivity contribution < 1.29 is 9.53 Å². The molecule has 2 aromatic rings. The van der Waals surface area contributed by atoms with Crippen molar-refractivity contribution in [2.24, 2.45) is 0 Å². The maximum Gasteiger partial charge on any atom is 0.240 e. The van der Waals surface area contributed by atoms with E-state index in [0.717, 1.165) is 0 Å². The van der Waals surface area contributed by atoms with Gasteiger partial charge in [-0.3, -0.25) is 9.36 Å². The van der Waals surface area contributed by atoms with Crippen LogP contribution < -0.4 is 15.8 Å². The van der Waals surface area contributed by atoms with Crippen molar-refractivity contribution in [1.29, 1.82) is 0 Å². The third-order valence-corrected chi connectivity index (χ3v) is 2.48. The van der Waals surface area contributed by atoms with E-state index in [-0.39, 0.29) is 18.4 Å². The molecule has 0 spiro atoms. The second-order valence-electron chi connectivity index (χ2n) is 3.71. The fourth-order valence-electron chi connectivity index (χ4n) is 1.67. The summed E-state index contributed by atoms with van der Waals surface area (Å²) in [5.74, 6) is 0.588. The van der Waals surface area contributed by atoms with Crippen molar-refractivity contribution in [1.82, 2.24) is 19.9 Å². The Morgan fingerprint density at radius 1 is 1.50 bits per heavy atom. The molecule has 7 nitrogen and oxygen atoms in total. The lowest BCUT2D eigenvalue weighted by Gasteiger charge is -2.06. The summed E-state index contributed by atoms with van der Waals surface area (Å²) in [7, 11) is 1.53. The zero-order valence-corrected chi connectivity index (χ0v) is 10.3. The first-order valence-electron chi connectivity index (χ1n) is 5.59. The van der Waals surface area contributed by atoms with Gasteiger partial charge in [-0.25, -0.2) is 4.98 Å². The van der Waals surface area contributed by atoms with Crippen LogP contribution in [-0.4, -0.2) is 34.1 Å². The minimum absolute atomic E-state index is 0.0936. The van der Waals surface area contributed by atoms with Gasteiger partial charge in [0.15, 0.2) is 5.65 Å². The number of nitrogen functional groups attached to an aromatic ring is 1. The fraction of sp³-hybridized carbons (Fsp3) is 0.364. The van der Waals surface area contributed by atoms with Crippen molar-refractivity contribution in [3.05, 3.63) is 12.1 Å². The number of imidazole rings is 1. The van der Waals surface area contributed by atoms with Crippen molar-refractivity contribution >= 4 is 23.0 Å². The SMILES string of the molecule is CCNC(=O)Cn1c(N)nc2ccc(OC)nc21. The summed E-state index contributed by atoms with van der Waals surface area (Å²) < 4.78 is 6.60. The number of ether oxygens (including phenoxy) is 1. The highest BCUT2D eigenvalue weighted by Gasteiger charge is 2.13. The van der Waals surface area contributed by atoms with Crippen LogP contribution in [0.25, 0.3) is 11.2 Å². The molecule has 2 rings (SSSR count). The number of carbonyl (C=O) groups is 1. The molecule has 2 heterocycles. The summed E-state index contributed by atoms with van der Waals surface area (Å²) >= 11 is 0. The molecule has 0 aliphatic carbocycles. The predicted molar refractivity (Wildman–Crippen MR) is 67.2 cm³/mol. The van der Waals surface area contributed by atoms with Crippen molar-refractivity contribution in [3.63, 3.8) is 0 Å². The van der Waals surface area contributed by atoms with E-state index in [4.69, 9.17) is 10.5 Å². The number of likely N-dealkylation sites (N-methyl/N-ethyl adjacent to an activating group) is 1. The molecular weight excluding hydrogens is 234 g/mol. The van der Waals surface area contributed by atoms with E-state index >= 15 is 0 Å². The van der Waals surface area contributed by atoms with Crippen molar-refractivity contribution in [3.8, 4) is 5.88 Å². The Morgan fingerprint density at radius 2 is 2.28 bits per heavy atom. The van der Waals surface area contributed by atoms with Crippen LogP contribution in [0.5, 0.6) is 5.88 Å². The van der Waals surface area contributed by atoms with Crippen LogP contribution in [0.3, 0.4) is 0 Å². The van der Waals surface area contributed by atoms with E-state index in [2.05, 4.69) is 15.3 Å². The van der Waals surface area contributed by atoms with Gasteiger partial charge in [0.25, 0.3) is 0 Å². The van der Waals surface area contributed by atoms with E-state index in [1.54, 1.807) is 16.7 Å². The molecule has 3 N–H and O–H groups in total. The second kappa shape index (κ2) is 4.91. The first-order chi connectivity index (χ1) is 8.65. The Morgan fingerprint density at radius 3 is 2.94 bits per heavy atom. The number of carbonyl (C=O) groups excluding carboxylic acids is 1. The maximum absolute atomic E-state index is 11.6. The molecule has 0 saturated heterocycles.